The third-order valence-electron chi connectivity index (χ3n) is 15.8. The molecule has 0 saturated heterocycles. The van der Waals surface area contributed by atoms with E-state index in [4.69, 9.17) is 68.8 Å². The molecule has 4 aliphatic carbocycles. The normalized spacial score (nSPS) is 26.9. The molecule has 0 aromatic carbocycles. The van der Waals surface area contributed by atoms with Gasteiger partial charge in [-0.25, -0.2) is 48.9 Å². The molecule has 4 fully saturated rings. The van der Waals surface area contributed by atoms with Crippen LogP contribution in [0.4, 0.5) is 0 Å². The number of ether oxygens (including phenoxy) is 3. The first-order valence-electron chi connectivity index (χ1n) is 26.9. The van der Waals surface area contributed by atoms with Gasteiger partial charge in [0.2, 0.25) is 5.91 Å². The first-order valence-corrected chi connectivity index (χ1v) is 26.9. The Balaban J connectivity index is 0.954. The molecule has 1 amide bonds. The fourth-order valence-corrected chi connectivity index (χ4v) is 12.3. The molecule has 0 radical (unpaired) electrons. The minimum atomic E-state index is -0.935. The number of nitrogens with two attached hydrogens (primary N) is 1. The Hall–Kier alpha value is -2.24. The molecule has 0 aliphatic heterocycles. The lowest BCUT2D eigenvalue weighted by molar-refractivity contribution is -0.372. The van der Waals surface area contributed by atoms with Crippen molar-refractivity contribution >= 4 is 23.4 Å². The molecule has 10 atom stereocenters. The number of nitrogens with one attached hydrogen (secondary N) is 1. The van der Waals surface area contributed by atoms with E-state index in [0.717, 1.165) is 54.8 Å². The van der Waals surface area contributed by atoms with Gasteiger partial charge in [0.15, 0.2) is 5.78 Å². The quantitative estimate of drug-likeness (QED) is 0.0273. The summed E-state index contributed by atoms with van der Waals surface area (Å²) in [7, 11) is 0. The van der Waals surface area contributed by atoms with Gasteiger partial charge in [-0.2, -0.15) is 0 Å². The van der Waals surface area contributed by atoms with Crippen molar-refractivity contribution in [3.8, 4) is 0 Å². The van der Waals surface area contributed by atoms with Gasteiger partial charge in [-0.1, -0.05) is 53.9 Å². The molecular weight excluding hydrogens is 925 g/mol. The van der Waals surface area contributed by atoms with Gasteiger partial charge in [0.05, 0.1) is 38.8 Å². The Morgan fingerprint density at radius 2 is 1.13 bits per heavy atom. The fraction of sp³-hybridized carbons (Fsp3) is 0.923. The van der Waals surface area contributed by atoms with Crippen LogP contribution in [0.1, 0.15) is 144 Å². The molecule has 0 aromatic rings. The molecule has 6 unspecified atom stereocenters. The molecule has 0 aromatic heterocycles. The third-order valence-corrected chi connectivity index (χ3v) is 15.8. The second-order valence-electron chi connectivity index (χ2n) is 21.0. The first kappa shape index (κ1) is 61.3. The van der Waals surface area contributed by atoms with E-state index in [9.17, 15) is 19.2 Å². The Labute approximate surface area is 423 Å². The summed E-state index contributed by atoms with van der Waals surface area (Å²) >= 11 is 0. The number of esters is 1. The summed E-state index contributed by atoms with van der Waals surface area (Å²) in [5.41, 5.74) is 5.97. The molecule has 0 spiro atoms. The lowest BCUT2D eigenvalue weighted by atomic mass is 9.44. The molecule has 4 aliphatic rings. The molecule has 4 rings (SSSR count). The van der Waals surface area contributed by atoms with Gasteiger partial charge >= 0.3 is 5.97 Å². The van der Waals surface area contributed by atoms with Gasteiger partial charge in [-0.05, 0) is 116 Å². The van der Waals surface area contributed by atoms with E-state index < -0.39 is 12.0 Å². The monoisotopic (exact) mass is 1020 g/mol. The average Bonchev–Trinajstić information content (AvgIpc) is 3.70. The van der Waals surface area contributed by atoms with Crippen LogP contribution in [0.3, 0.4) is 0 Å². The zero-order valence-electron chi connectivity index (χ0n) is 44.1. The van der Waals surface area contributed by atoms with Crippen molar-refractivity contribution < 1.29 is 82.3 Å². The highest BCUT2D eigenvalue weighted by Gasteiger charge is 2.60. The van der Waals surface area contributed by atoms with Gasteiger partial charge in [0.1, 0.15) is 78.0 Å². The number of hydrogen-bond donors (Lipinski definition) is 2. The van der Waals surface area contributed by atoms with Crippen LogP contribution in [-0.4, -0.2) is 135 Å². The number of hydrogen-bond acceptors (Lipinski definition) is 18. The number of amides is 1. The highest BCUT2D eigenvalue weighted by Crippen LogP contribution is 2.68. The Bertz CT molecular complexity index is 1510. The van der Waals surface area contributed by atoms with Crippen molar-refractivity contribution in [1.82, 2.24) is 5.32 Å². The highest BCUT2D eigenvalue weighted by molar-refractivity contribution is 5.91. The van der Waals surface area contributed by atoms with Crippen LogP contribution in [0.5, 0.6) is 0 Å². The summed E-state index contributed by atoms with van der Waals surface area (Å²) in [6.07, 6.45) is 15.4. The molecule has 71 heavy (non-hydrogen) atoms. The molecule has 19 nitrogen and oxygen atoms in total. The van der Waals surface area contributed by atoms with Crippen molar-refractivity contribution in [2.75, 3.05) is 99.0 Å². The van der Waals surface area contributed by atoms with E-state index in [1.165, 1.54) is 64.7 Å². The smallest absolute Gasteiger partial charge is 0.308 e. The molecule has 3 N–H and O–H groups in total. The lowest BCUT2D eigenvalue weighted by Gasteiger charge is -2.61. The summed E-state index contributed by atoms with van der Waals surface area (Å²) in [6, 6.07) is -0.935. The van der Waals surface area contributed by atoms with Gasteiger partial charge < -0.3 is 25.3 Å². The van der Waals surface area contributed by atoms with Crippen LogP contribution in [0.15, 0.2) is 0 Å². The number of ketones is 2. The number of Topliss-reactive ketones (excluding diaryl/α,β-unsaturated/α-hetero) is 2. The number of rotatable bonds is 41. The lowest BCUT2D eigenvalue weighted by Crippen LogP contribution is -2.54. The molecular formula is C52H92N2O17. The summed E-state index contributed by atoms with van der Waals surface area (Å²) in [5, 5.41) is 2.68. The average molecular weight is 1020 g/mol. The fourth-order valence-electron chi connectivity index (χ4n) is 12.3. The van der Waals surface area contributed by atoms with Crippen molar-refractivity contribution in [1.29, 1.82) is 0 Å². The Kier molecular flexibility index (Phi) is 29.7. The summed E-state index contributed by atoms with van der Waals surface area (Å²) in [6.45, 7) is 16.2. The van der Waals surface area contributed by atoms with Crippen LogP contribution >= 0.6 is 0 Å². The second kappa shape index (κ2) is 34.4. The van der Waals surface area contributed by atoms with Gasteiger partial charge in [-0.15, -0.1) is 0 Å². The minimum Gasteiger partial charge on any atom is -0.462 e. The van der Waals surface area contributed by atoms with Crippen LogP contribution in [0.2, 0.25) is 0 Å². The predicted octanol–water partition coefficient (Wildman–Crippen LogP) is 6.96. The largest absolute Gasteiger partial charge is 0.462 e. The maximum atomic E-state index is 13.3. The first-order chi connectivity index (χ1) is 34.3. The van der Waals surface area contributed by atoms with Gasteiger partial charge in [-0.3, -0.25) is 19.2 Å². The van der Waals surface area contributed by atoms with E-state index in [1.54, 1.807) is 0 Å². The van der Waals surface area contributed by atoms with E-state index >= 15 is 0 Å². The molecule has 0 heterocycles. The maximum Gasteiger partial charge on any atom is 0.308 e. The van der Waals surface area contributed by atoms with E-state index in [0.29, 0.717) is 31.0 Å². The Morgan fingerprint density at radius 1 is 0.592 bits per heavy atom. The summed E-state index contributed by atoms with van der Waals surface area (Å²) < 4.78 is 16.9. The zero-order valence-corrected chi connectivity index (χ0v) is 44.1. The molecule has 0 bridgehead atoms. The number of carbonyl (C=O) groups is 4. The number of fused-ring (bicyclic) bond motifs is 5. The van der Waals surface area contributed by atoms with Crippen molar-refractivity contribution in [3.63, 3.8) is 0 Å². The van der Waals surface area contributed by atoms with Crippen LogP contribution in [-0.2, 0) is 82.3 Å². The standard InChI is InChI=1S/C52H92N2O17/c1-38(2)9-7-10-39(3)45-14-15-46-44-13-12-41-35-43(16-19-51(41,5)47(44)17-20-52(45,46)6)71-50(58)36-48(54-40(4)55)49(57)11-8-21-59-23-25-61-63-27-29-65-67-31-33-69-70-34-32-68-66-30-28-64-62-26-24-60-22-18-42(56)37-53/h38-39,41,43-48H,7-37,53H2,1-6H3,(H,54,55)/t39?,41?,43-,44?,45+,46?,47?,48?,51-,52+/m0/s1. The highest BCUT2D eigenvalue weighted by atomic mass is 17.2. The topological polar surface area (TPSA) is 226 Å². The second-order valence-corrected chi connectivity index (χ2v) is 21.0. The number of carbonyl (C=O) groups excluding carboxylic acids is 4. The van der Waals surface area contributed by atoms with Crippen molar-refractivity contribution in [3.05, 3.63) is 0 Å². The molecule has 19 heteroatoms. The zero-order chi connectivity index (χ0) is 51.3. The van der Waals surface area contributed by atoms with Gasteiger partial charge in [0, 0.05) is 26.4 Å². The molecule has 412 valence electrons. The summed E-state index contributed by atoms with van der Waals surface area (Å²) in [5.74, 6) is 4.31. The molecule has 4 saturated carbocycles. The van der Waals surface area contributed by atoms with E-state index in [2.05, 4.69) is 39.9 Å². The third kappa shape index (κ3) is 21.9. The Morgan fingerprint density at radius 3 is 1.68 bits per heavy atom. The minimum absolute atomic E-state index is 0.0103. The maximum absolute atomic E-state index is 13.3. The van der Waals surface area contributed by atoms with Crippen LogP contribution < -0.4 is 11.1 Å². The van der Waals surface area contributed by atoms with Crippen molar-refractivity contribution in [2.24, 2.45) is 58.0 Å². The predicted molar refractivity (Wildman–Crippen MR) is 259 cm³/mol. The van der Waals surface area contributed by atoms with Crippen LogP contribution in [0.25, 0.3) is 0 Å². The van der Waals surface area contributed by atoms with Gasteiger partial charge in [0.25, 0.3) is 0 Å². The SMILES string of the molecule is CC(=O)NC(CC(=O)O[C@H]1CC[C@@]2(C)C(CCC3C2CC[C@@]2(C)C3CC[C@@H]2C(C)CCCC(C)C)C1)C(=O)CCCOCCOOCCOOCCOOCCOOCCOOCCOCCC(=O)CN. The van der Waals surface area contributed by atoms with Crippen LogP contribution in [0, 0.1) is 52.3 Å². The van der Waals surface area contributed by atoms with Crippen molar-refractivity contribution in [2.45, 2.75) is 156 Å². The van der Waals surface area contributed by atoms with E-state index in [-0.39, 0.29) is 134 Å². The summed E-state index contributed by atoms with van der Waals surface area (Å²) in [4.78, 5) is 99.1. The van der Waals surface area contributed by atoms with E-state index in [1.807, 2.05) is 0 Å².